The molecule has 25 heavy (non-hydrogen) atoms. The summed E-state index contributed by atoms with van der Waals surface area (Å²) in [5.41, 5.74) is -0.617. The number of carbonyl (C=O) groups excluding carboxylic acids is 2. The molecule has 1 aliphatic rings. The van der Waals surface area contributed by atoms with Crippen LogP contribution in [0.4, 0.5) is 0 Å². The van der Waals surface area contributed by atoms with Crippen molar-refractivity contribution in [3.8, 4) is 0 Å². The predicted molar refractivity (Wildman–Crippen MR) is 89.7 cm³/mol. The van der Waals surface area contributed by atoms with Gasteiger partial charge in [-0.3, -0.25) is 14.4 Å². The number of aromatic nitrogens is 2. The van der Waals surface area contributed by atoms with Crippen LogP contribution < -0.4 is 5.56 Å². The highest BCUT2D eigenvalue weighted by molar-refractivity contribution is 6.41. The molecule has 2 aromatic heterocycles. The van der Waals surface area contributed by atoms with Gasteiger partial charge in [-0.15, -0.1) is 0 Å². The van der Waals surface area contributed by atoms with E-state index in [0.717, 1.165) is 4.68 Å². The topological polar surface area (TPSA) is 88.7 Å². The first-order valence-electron chi connectivity index (χ1n) is 7.49. The van der Waals surface area contributed by atoms with Gasteiger partial charge in [0.15, 0.2) is 5.76 Å². The average Bonchev–Trinajstić information content (AvgIpc) is 3.16. The van der Waals surface area contributed by atoms with E-state index in [4.69, 9.17) is 27.6 Å². The Bertz CT molecular complexity index is 842. The van der Waals surface area contributed by atoms with E-state index in [1.54, 1.807) is 21.9 Å². The van der Waals surface area contributed by atoms with Crippen molar-refractivity contribution in [2.24, 2.45) is 0 Å². The van der Waals surface area contributed by atoms with Crippen LogP contribution in [0.15, 0.2) is 33.8 Å². The van der Waals surface area contributed by atoms with Crippen LogP contribution in [-0.4, -0.2) is 57.6 Å². The van der Waals surface area contributed by atoms with E-state index in [1.165, 1.54) is 12.5 Å². The van der Waals surface area contributed by atoms with Crippen molar-refractivity contribution in [2.45, 2.75) is 6.54 Å². The third kappa shape index (κ3) is 3.69. The van der Waals surface area contributed by atoms with Gasteiger partial charge in [0.2, 0.25) is 5.91 Å². The third-order valence-corrected chi connectivity index (χ3v) is 4.63. The fourth-order valence-electron chi connectivity index (χ4n) is 2.50. The second-order valence-corrected chi connectivity index (χ2v) is 6.20. The Morgan fingerprint density at radius 1 is 1.16 bits per heavy atom. The summed E-state index contributed by atoms with van der Waals surface area (Å²) in [6.07, 6.45) is 2.66. The lowest BCUT2D eigenvalue weighted by molar-refractivity contribution is -0.133. The number of hydrogen-bond donors (Lipinski definition) is 0. The highest BCUT2D eigenvalue weighted by atomic mass is 35.5. The third-order valence-electron chi connectivity index (χ3n) is 3.88. The van der Waals surface area contributed by atoms with Crippen LogP contribution in [-0.2, 0) is 11.3 Å². The van der Waals surface area contributed by atoms with E-state index in [-0.39, 0.29) is 34.2 Å². The zero-order chi connectivity index (χ0) is 18.0. The zero-order valence-electron chi connectivity index (χ0n) is 13.0. The summed E-state index contributed by atoms with van der Waals surface area (Å²) >= 11 is 11.5. The standard InChI is InChI=1S/C15H14Cl2N4O4/c16-10-8-18-21(15(24)13(10)17)9-12(22)19-3-5-20(6-4-19)14(23)11-2-1-7-25-11/h1-2,7-8H,3-6,9H2. The summed E-state index contributed by atoms with van der Waals surface area (Å²) < 4.78 is 6.06. The number of carbonyl (C=O) groups is 2. The number of nitrogens with zero attached hydrogens (tertiary/aromatic N) is 4. The molecule has 0 bridgehead atoms. The van der Waals surface area contributed by atoms with Crippen molar-refractivity contribution in [3.05, 3.63) is 50.8 Å². The molecule has 2 amide bonds. The summed E-state index contributed by atoms with van der Waals surface area (Å²) in [7, 11) is 0. The number of furan rings is 1. The van der Waals surface area contributed by atoms with Crippen molar-refractivity contribution >= 4 is 35.0 Å². The number of rotatable bonds is 3. The molecule has 0 N–H and O–H groups in total. The molecule has 8 nitrogen and oxygen atoms in total. The molecule has 0 aliphatic carbocycles. The highest BCUT2D eigenvalue weighted by Crippen LogP contribution is 2.15. The first-order valence-corrected chi connectivity index (χ1v) is 8.24. The molecule has 2 aromatic rings. The fourth-order valence-corrected chi connectivity index (χ4v) is 2.77. The Morgan fingerprint density at radius 3 is 2.48 bits per heavy atom. The number of halogens is 2. The predicted octanol–water partition coefficient (Wildman–Crippen LogP) is 1.13. The molecule has 1 aliphatic heterocycles. The molecular formula is C15H14Cl2N4O4. The lowest BCUT2D eigenvalue weighted by Crippen LogP contribution is -2.51. The Kier molecular flexibility index (Phi) is 5.10. The number of amides is 2. The smallest absolute Gasteiger partial charge is 0.289 e. The molecule has 3 rings (SSSR count). The molecule has 0 saturated carbocycles. The van der Waals surface area contributed by atoms with E-state index in [2.05, 4.69) is 5.10 Å². The molecular weight excluding hydrogens is 371 g/mol. The summed E-state index contributed by atoms with van der Waals surface area (Å²) in [5.74, 6) is -0.219. The minimum absolute atomic E-state index is 0.0421. The van der Waals surface area contributed by atoms with Crippen LogP contribution in [0.5, 0.6) is 0 Å². The van der Waals surface area contributed by atoms with E-state index in [0.29, 0.717) is 26.2 Å². The van der Waals surface area contributed by atoms with Gasteiger partial charge in [0, 0.05) is 26.2 Å². The number of piperazine rings is 1. The SMILES string of the molecule is O=C(Cn1ncc(Cl)c(Cl)c1=O)N1CCN(C(=O)c2ccco2)CC1. The van der Waals surface area contributed by atoms with E-state index in [1.807, 2.05) is 0 Å². The molecule has 0 unspecified atom stereocenters. The van der Waals surface area contributed by atoms with Gasteiger partial charge in [-0.05, 0) is 12.1 Å². The molecule has 3 heterocycles. The molecule has 0 atom stereocenters. The van der Waals surface area contributed by atoms with E-state index >= 15 is 0 Å². The van der Waals surface area contributed by atoms with Crippen molar-refractivity contribution in [3.63, 3.8) is 0 Å². The van der Waals surface area contributed by atoms with Gasteiger partial charge < -0.3 is 14.2 Å². The fraction of sp³-hybridized carbons (Fsp3) is 0.333. The van der Waals surface area contributed by atoms with Crippen LogP contribution in [0.25, 0.3) is 0 Å². The monoisotopic (exact) mass is 384 g/mol. The van der Waals surface area contributed by atoms with Crippen molar-refractivity contribution in [1.29, 1.82) is 0 Å². The Hall–Kier alpha value is -2.32. The van der Waals surface area contributed by atoms with Crippen LogP contribution in [0.1, 0.15) is 10.6 Å². The zero-order valence-corrected chi connectivity index (χ0v) is 14.5. The maximum atomic E-state index is 12.3. The van der Waals surface area contributed by atoms with Gasteiger partial charge in [0.1, 0.15) is 11.6 Å². The van der Waals surface area contributed by atoms with E-state index in [9.17, 15) is 14.4 Å². The maximum Gasteiger partial charge on any atom is 0.289 e. The lowest BCUT2D eigenvalue weighted by atomic mass is 10.2. The largest absolute Gasteiger partial charge is 0.459 e. The molecule has 0 spiro atoms. The van der Waals surface area contributed by atoms with E-state index < -0.39 is 5.56 Å². The molecule has 0 aromatic carbocycles. The van der Waals surface area contributed by atoms with Gasteiger partial charge >= 0.3 is 0 Å². The Labute approximate surface area is 152 Å². The molecule has 1 fully saturated rings. The summed E-state index contributed by atoms with van der Waals surface area (Å²) in [6.45, 7) is 1.26. The van der Waals surface area contributed by atoms with Crippen molar-refractivity contribution in [2.75, 3.05) is 26.2 Å². The Balaban J connectivity index is 1.60. The quantitative estimate of drug-likeness (QED) is 0.791. The average molecular weight is 385 g/mol. The Morgan fingerprint density at radius 2 is 1.84 bits per heavy atom. The summed E-state index contributed by atoms with van der Waals surface area (Å²) in [5, 5.41) is 3.69. The van der Waals surface area contributed by atoms with Crippen LogP contribution in [0.2, 0.25) is 10.0 Å². The molecule has 1 saturated heterocycles. The number of hydrogen-bond acceptors (Lipinski definition) is 5. The van der Waals surface area contributed by atoms with Gasteiger partial charge in [0.25, 0.3) is 11.5 Å². The highest BCUT2D eigenvalue weighted by Gasteiger charge is 2.26. The summed E-state index contributed by atoms with van der Waals surface area (Å²) in [4.78, 5) is 39.7. The first kappa shape index (κ1) is 17.5. The summed E-state index contributed by atoms with van der Waals surface area (Å²) in [6, 6.07) is 3.25. The van der Waals surface area contributed by atoms with Crippen molar-refractivity contribution < 1.29 is 14.0 Å². The van der Waals surface area contributed by atoms with Crippen LogP contribution in [0, 0.1) is 0 Å². The van der Waals surface area contributed by atoms with Gasteiger partial charge in [-0.25, -0.2) is 4.68 Å². The minimum Gasteiger partial charge on any atom is -0.459 e. The van der Waals surface area contributed by atoms with Crippen molar-refractivity contribution in [1.82, 2.24) is 19.6 Å². The second-order valence-electron chi connectivity index (χ2n) is 5.42. The first-order chi connectivity index (χ1) is 12.0. The lowest BCUT2D eigenvalue weighted by Gasteiger charge is -2.34. The maximum absolute atomic E-state index is 12.3. The normalized spacial score (nSPS) is 14.6. The van der Waals surface area contributed by atoms with Crippen LogP contribution in [0.3, 0.4) is 0 Å². The van der Waals surface area contributed by atoms with Crippen LogP contribution >= 0.6 is 23.2 Å². The minimum atomic E-state index is -0.617. The molecule has 10 heteroatoms. The molecule has 0 radical (unpaired) electrons. The van der Waals surface area contributed by atoms with Gasteiger partial charge in [-0.2, -0.15) is 5.10 Å². The van der Waals surface area contributed by atoms with Gasteiger partial charge in [-0.1, -0.05) is 23.2 Å². The second kappa shape index (κ2) is 7.28. The van der Waals surface area contributed by atoms with Gasteiger partial charge in [0.05, 0.1) is 17.5 Å². The molecule has 132 valence electrons.